The first-order chi connectivity index (χ1) is 6.59. The molecule has 0 aliphatic carbocycles. The van der Waals surface area contributed by atoms with Crippen molar-refractivity contribution in [3.63, 3.8) is 0 Å². The molecular weight excluding hydrogens is 178 g/mol. The number of nitrogens with two attached hydrogens (primary N) is 1. The van der Waals surface area contributed by atoms with Gasteiger partial charge >= 0.3 is 0 Å². The Morgan fingerprint density at radius 3 is 2.93 bits per heavy atom. The quantitative estimate of drug-likeness (QED) is 0.500. The number of hydrogen-bond donors (Lipinski definition) is 2. The number of hydrogen-bond acceptors (Lipinski definition) is 2. The molecule has 4 nitrogen and oxygen atoms in total. The van der Waals surface area contributed by atoms with Crippen LogP contribution in [0.5, 0.6) is 0 Å². The van der Waals surface area contributed by atoms with Crippen LogP contribution >= 0.6 is 0 Å². The second kappa shape index (κ2) is 2.83. The molecule has 1 aromatic carbocycles. The second-order valence-corrected chi connectivity index (χ2v) is 3.45. The zero-order valence-corrected chi connectivity index (χ0v) is 7.87. The summed E-state index contributed by atoms with van der Waals surface area (Å²) >= 11 is 0. The van der Waals surface area contributed by atoms with Crippen molar-refractivity contribution >= 4 is 11.7 Å². The van der Waals surface area contributed by atoms with Gasteiger partial charge < -0.3 is 10.6 Å². The van der Waals surface area contributed by atoms with Gasteiger partial charge in [-0.2, -0.15) is 0 Å². The molecule has 0 atom stereocenters. The summed E-state index contributed by atoms with van der Waals surface area (Å²) in [7, 11) is 1.76. The lowest BCUT2D eigenvalue weighted by Gasteiger charge is -2.04. The van der Waals surface area contributed by atoms with E-state index in [0.717, 1.165) is 5.56 Å². The van der Waals surface area contributed by atoms with Gasteiger partial charge in [0.05, 0.1) is 0 Å². The van der Waals surface area contributed by atoms with Crippen LogP contribution in [0.15, 0.2) is 18.2 Å². The van der Waals surface area contributed by atoms with Gasteiger partial charge in [-0.1, -0.05) is 12.1 Å². The van der Waals surface area contributed by atoms with Crippen molar-refractivity contribution in [2.75, 3.05) is 7.05 Å². The Kier molecular flexibility index (Phi) is 1.77. The maximum Gasteiger partial charge on any atom is 0.254 e. The van der Waals surface area contributed by atoms with Gasteiger partial charge in [0.2, 0.25) is 0 Å². The van der Waals surface area contributed by atoms with E-state index >= 15 is 0 Å². The molecule has 0 radical (unpaired) electrons. The third kappa shape index (κ3) is 1.16. The number of benzene rings is 1. The van der Waals surface area contributed by atoms with Gasteiger partial charge in [0, 0.05) is 24.7 Å². The smallest absolute Gasteiger partial charge is 0.254 e. The fourth-order valence-electron chi connectivity index (χ4n) is 1.61. The van der Waals surface area contributed by atoms with Crippen LogP contribution in [-0.4, -0.2) is 23.7 Å². The summed E-state index contributed by atoms with van der Waals surface area (Å²) in [6.07, 6.45) is 0. The molecule has 1 aliphatic rings. The summed E-state index contributed by atoms with van der Waals surface area (Å²) in [5, 5.41) is 7.27. The highest BCUT2D eigenvalue weighted by molar-refractivity contribution is 6.02. The topological polar surface area (TPSA) is 70.2 Å². The molecule has 2 rings (SSSR count). The fraction of sp³-hybridized carbons (Fsp3) is 0.200. The Balaban J connectivity index is 2.51. The maximum atomic E-state index is 11.6. The largest absolute Gasteiger partial charge is 0.384 e. The maximum absolute atomic E-state index is 11.6. The van der Waals surface area contributed by atoms with Gasteiger partial charge in [0.25, 0.3) is 5.91 Å². The first kappa shape index (κ1) is 8.74. The van der Waals surface area contributed by atoms with Crippen LogP contribution in [0, 0.1) is 5.41 Å². The highest BCUT2D eigenvalue weighted by atomic mass is 16.2. The van der Waals surface area contributed by atoms with E-state index in [2.05, 4.69) is 0 Å². The molecule has 1 aromatic rings. The second-order valence-electron chi connectivity index (χ2n) is 3.45. The van der Waals surface area contributed by atoms with E-state index in [4.69, 9.17) is 11.1 Å². The van der Waals surface area contributed by atoms with E-state index in [1.54, 1.807) is 24.1 Å². The molecule has 0 bridgehead atoms. The van der Waals surface area contributed by atoms with Crippen molar-refractivity contribution in [3.05, 3.63) is 34.9 Å². The molecule has 0 saturated heterocycles. The molecule has 0 fully saturated rings. The average molecular weight is 189 g/mol. The minimum atomic E-state index is -0.00449. The van der Waals surface area contributed by atoms with Crippen molar-refractivity contribution in [3.8, 4) is 0 Å². The molecule has 0 spiro atoms. The van der Waals surface area contributed by atoms with Gasteiger partial charge in [-0.25, -0.2) is 0 Å². The van der Waals surface area contributed by atoms with Crippen LogP contribution in [0.3, 0.4) is 0 Å². The molecule has 0 unspecified atom stereocenters. The molecule has 1 aliphatic heterocycles. The number of nitrogen functional groups attached to an aromatic ring is 1. The number of fused-ring (bicyclic) bond motifs is 1. The van der Waals surface area contributed by atoms with Crippen LogP contribution < -0.4 is 5.73 Å². The summed E-state index contributed by atoms with van der Waals surface area (Å²) in [5.41, 5.74) is 7.62. The summed E-state index contributed by atoms with van der Waals surface area (Å²) in [6, 6.07) is 5.31. The van der Waals surface area contributed by atoms with Crippen LogP contribution in [0.1, 0.15) is 21.5 Å². The number of carbonyl (C=O) groups excluding carboxylic acids is 1. The van der Waals surface area contributed by atoms with Gasteiger partial charge in [-0.3, -0.25) is 10.2 Å². The predicted molar refractivity (Wildman–Crippen MR) is 53.3 cm³/mol. The van der Waals surface area contributed by atoms with Crippen LogP contribution in [0.4, 0.5) is 0 Å². The summed E-state index contributed by atoms with van der Waals surface area (Å²) in [4.78, 5) is 13.2. The summed E-state index contributed by atoms with van der Waals surface area (Å²) < 4.78 is 0. The number of amidine groups is 1. The Morgan fingerprint density at radius 2 is 2.29 bits per heavy atom. The predicted octanol–water partition coefficient (Wildman–Crippen LogP) is 0.556. The van der Waals surface area contributed by atoms with E-state index in [0.29, 0.717) is 17.7 Å². The van der Waals surface area contributed by atoms with Crippen molar-refractivity contribution in [1.82, 2.24) is 4.90 Å². The lowest BCUT2D eigenvalue weighted by atomic mass is 10.1. The third-order valence-electron chi connectivity index (χ3n) is 2.41. The van der Waals surface area contributed by atoms with E-state index < -0.39 is 0 Å². The monoisotopic (exact) mass is 189 g/mol. The Labute approximate surface area is 81.8 Å². The minimum Gasteiger partial charge on any atom is -0.384 e. The standard InChI is InChI=1S/C10H11N3O/c1-13-5-7-3-2-6(9(11)12)4-8(7)10(13)14/h2-4H,5H2,1H3,(H3,11,12). The molecule has 72 valence electrons. The summed E-state index contributed by atoms with van der Waals surface area (Å²) in [6.45, 7) is 0.645. The van der Waals surface area contributed by atoms with Crippen molar-refractivity contribution in [2.24, 2.45) is 5.73 Å². The van der Waals surface area contributed by atoms with Crippen LogP contribution in [0.25, 0.3) is 0 Å². The zero-order chi connectivity index (χ0) is 10.3. The molecule has 1 amide bonds. The van der Waals surface area contributed by atoms with Crippen LogP contribution in [0.2, 0.25) is 0 Å². The minimum absolute atomic E-state index is 0.00287. The van der Waals surface area contributed by atoms with Gasteiger partial charge in [-0.05, 0) is 11.6 Å². The SMILES string of the molecule is CN1Cc2ccc(C(=N)N)cc2C1=O. The van der Waals surface area contributed by atoms with Gasteiger partial charge in [0.15, 0.2) is 0 Å². The van der Waals surface area contributed by atoms with Crippen LogP contribution in [-0.2, 0) is 6.54 Å². The van der Waals surface area contributed by atoms with E-state index in [1.165, 1.54) is 0 Å². The number of nitrogens with one attached hydrogen (secondary N) is 1. The van der Waals surface area contributed by atoms with E-state index in [-0.39, 0.29) is 11.7 Å². The lowest BCUT2D eigenvalue weighted by Crippen LogP contribution is -2.18. The van der Waals surface area contributed by atoms with Crippen molar-refractivity contribution in [2.45, 2.75) is 6.54 Å². The van der Waals surface area contributed by atoms with Crippen molar-refractivity contribution < 1.29 is 4.79 Å². The average Bonchev–Trinajstić information content (AvgIpc) is 2.43. The molecule has 4 heteroatoms. The van der Waals surface area contributed by atoms with Crippen molar-refractivity contribution in [1.29, 1.82) is 5.41 Å². The molecule has 3 N–H and O–H groups in total. The molecule has 0 saturated carbocycles. The highest BCUT2D eigenvalue weighted by Crippen LogP contribution is 2.22. The molecule has 1 heterocycles. The summed E-state index contributed by atoms with van der Waals surface area (Å²) in [5.74, 6) is -0.00162. The Hall–Kier alpha value is -1.84. The number of rotatable bonds is 1. The lowest BCUT2D eigenvalue weighted by molar-refractivity contribution is 0.0816. The highest BCUT2D eigenvalue weighted by Gasteiger charge is 2.24. The zero-order valence-electron chi connectivity index (χ0n) is 7.87. The number of carbonyl (C=O) groups is 1. The Bertz CT molecular complexity index is 425. The number of amides is 1. The number of nitrogens with zero attached hydrogens (tertiary/aromatic N) is 1. The first-order valence-electron chi connectivity index (χ1n) is 4.32. The van der Waals surface area contributed by atoms with Gasteiger partial charge in [0.1, 0.15) is 5.84 Å². The molecule has 14 heavy (non-hydrogen) atoms. The third-order valence-corrected chi connectivity index (χ3v) is 2.41. The Morgan fingerprint density at radius 1 is 1.57 bits per heavy atom. The molecular formula is C10H11N3O. The fourth-order valence-corrected chi connectivity index (χ4v) is 1.61. The van der Waals surface area contributed by atoms with E-state index in [1.807, 2.05) is 6.07 Å². The molecule has 0 aromatic heterocycles. The normalized spacial score (nSPS) is 14.4. The first-order valence-corrected chi connectivity index (χ1v) is 4.32. The van der Waals surface area contributed by atoms with E-state index in [9.17, 15) is 4.79 Å². The van der Waals surface area contributed by atoms with Gasteiger partial charge in [-0.15, -0.1) is 0 Å².